The van der Waals surface area contributed by atoms with Gasteiger partial charge in [-0.1, -0.05) is 13.8 Å². The van der Waals surface area contributed by atoms with E-state index in [2.05, 4.69) is 5.32 Å². The number of fused-ring (bicyclic) bond motifs is 1. The van der Waals surface area contributed by atoms with E-state index in [1.807, 2.05) is 13.8 Å². The maximum atomic E-state index is 12.5. The van der Waals surface area contributed by atoms with Crippen molar-refractivity contribution in [1.82, 2.24) is 4.90 Å². The first-order valence-electron chi connectivity index (χ1n) is 8.44. The summed E-state index contributed by atoms with van der Waals surface area (Å²) < 4.78 is 30.3. The molecule has 1 N–H and O–H groups in total. The van der Waals surface area contributed by atoms with Gasteiger partial charge in [0.25, 0.3) is 5.91 Å². The third-order valence-electron chi connectivity index (χ3n) is 3.87. The summed E-state index contributed by atoms with van der Waals surface area (Å²) in [5, 5.41) is 2.61. The number of nitrogens with zero attached hydrogens (tertiary/aromatic N) is 1. The molecule has 0 saturated heterocycles. The van der Waals surface area contributed by atoms with Gasteiger partial charge >= 0.3 is 0 Å². The molecule has 1 aromatic carbocycles. The van der Waals surface area contributed by atoms with Crippen LogP contribution in [0.1, 0.15) is 33.1 Å². The fourth-order valence-electron chi connectivity index (χ4n) is 2.65. The summed E-state index contributed by atoms with van der Waals surface area (Å²) in [6.07, 6.45) is 1.63. The van der Waals surface area contributed by atoms with Crippen molar-refractivity contribution in [1.29, 1.82) is 0 Å². The fourth-order valence-corrected chi connectivity index (χ4v) is 3.89. The molecule has 0 radical (unpaired) electrons. The lowest BCUT2D eigenvalue weighted by Crippen LogP contribution is -2.33. The highest BCUT2D eigenvalue weighted by Gasteiger charge is 2.23. The Hall–Kier alpha value is -2.09. The highest BCUT2D eigenvalue weighted by molar-refractivity contribution is 7.91. The first-order chi connectivity index (χ1) is 11.9. The number of amides is 2. The largest absolute Gasteiger partial charge is 0.482 e. The molecule has 138 valence electrons. The zero-order valence-electron chi connectivity index (χ0n) is 14.6. The summed E-state index contributed by atoms with van der Waals surface area (Å²) >= 11 is 0. The minimum atomic E-state index is -3.61. The zero-order valence-corrected chi connectivity index (χ0v) is 15.4. The van der Waals surface area contributed by atoms with Crippen LogP contribution < -0.4 is 10.1 Å². The summed E-state index contributed by atoms with van der Waals surface area (Å²) in [6.45, 7) is 5.10. The molecule has 0 bridgehead atoms. The maximum Gasteiger partial charge on any atom is 0.262 e. The van der Waals surface area contributed by atoms with Crippen LogP contribution in [0.15, 0.2) is 23.1 Å². The number of anilines is 1. The minimum Gasteiger partial charge on any atom is -0.482 e. The summed E-state index contributed by atoms with van der Waals surface area (Å²) in [6, 6.07) is 4.31. The van der Waals surface area contributed by atoms with E-state index in [-0.39, 0.29) is 35.5 Å². The average molecular weight is 368 g/mol. The molecule has 0 saturated carbocycles. The molecule has 0 fully saturated rings. The SMILES string of the molecule is CCCN(CCC)C(=O)CCS(=O)(=O)c1ccc2c(c1)OCC(=O)N2. The van der Waals surface area contributed by atoms with E-state index in [9.17, 15) is 18.0 Å². The average Bonchev–Trinajstić information content (AvgIpc) is 2.59. The van der Waals surface area contributed by atoms with Gasteiger partial charge in [0.1, 0.15) is 5.75 Å². The highest BCUT2D eigenvalue weighted by atomic mass is 32.2. The molecule has 0 atom stereocenters. The number of hydrogen-bond donors (Lipinski definition) is 1. The van der Waals surface area contributed by atoms with Crippen LogP contribution >= 0.6 is 0 Å². The van der Waals surface area contributed by atoms with Crippen LogP contribution in [0, 0.1) is 0 Å². The van der Waals surface area contributed by atoms with Crippen molar-refractivity contribution < 1.29 is 22.7 Å². The summed E-state index contributed by atoms with van der Waals surface area (Å²) in [4.78, 5) is 25.3. The van der Waals surface area contributed by atoms with Crippen molar-refractivity contribution in [3.05, 3.63) is 18.2 Å². The van der Waals surface area contributed by atoms with E-state index in [1.165, 1.54) is 18.2 Å². The van der Waals surface area contributed by atoms with E-state index in [4.69, 9.17) is 4.74 Å². The number of hydrogen-bond acceptors (Lipinski definition) is 5. The van der Waals surface area contributed by atoms with Gasteiger partial charge in [0.05, 0.1) is 16.3 Å². The topological polar surface area (TPSA) is 92.8 Å². The second-order valence-corrected chi connectivity index (χ2v) is 8.05. The van der Waals surface area contributed by atoms with Crippen molar-refractivity contribution in [2.24, 2.45) is 0 Å². The lowest BCUT2D eigenvalue weighted by molar-refractivity contribution is -0.130. The third kappa shape index (κ3) is 4.94. The van der Waals surface area contributed by atoms with Crippen LogP contribution in [-0.4, -0.2) is 50.6 Å². The quantitative estimate of drug-likeness (QED) is 0.756. The van der Waals surface area contributed by atoms with Gasteiger partial charge in [-0.15, -0.1) is 0 Å². The van der Waals surface area contributed by atoms with Crippen LogP contribution in [0.2, 0.25) is 0 Å². The van der Waals surface area contributed by atoms with Crippen molar-refractivity contribution >= 4 is 27.3 Å². The lowest BCUT2D eigenvalue weighted by atomic mass is 10.2. The van der Waals surface area contributed by atoms with Crippen LogP contribution in [0.4, 0.5) is 5.69 Å². The third-order valence-corrected chi connectivity index (χ3v) is 5.58. The Morgan fingerprint density at radius 1 is 1.24 bits per heavy atom. The first kappa shape index (κ1) is 19.2. The van der Waals surface area contributed by atoms with Gasteiger partial charge in [-0.25, -0.2) is 8.42 Å². The van der Waals surface area contributed by atoms with Gasteiger partial charge in [-0.05, 0) is 25.0 Å². The summed E-state index contributed by atoms with van der Waals surface area (Å²) in [5.41, 5.74) is 0.448. The smallest absolute Gasteiger partial charge is 0.262 e. The molecular formula is C17H24N2O5S. The molecule has 1 aliphatic heterocycles. The molecule has 0 spiro atoms. The molecule has 1 heterocycles. The summed E-state index contributed by atoms with van der Waals surface area (Å²) in [7, 11) is -3.61. The molecule has 25 heavy (non-hydrogen) atoms. The van der Waals surface area contributed by atoms with Gasteiger partial charge in [-0.3, -0.25) is 9.59 Å². The van der Waals surface area contributed by atoms with Crippen molar-refractivity contribution in [3.8, 4) is 5.75 Å². The Bertz CT molecular complexity index is 739. The zero-order chi connectivity index (χ0) is 18.4. The standard InChI is InChI=1S/C17H24N2O5S/c1-3-8-19(9-4-2)17(21)7-10-25(22,23)13-5-6-14-15(11-13)24-12-16(20)18-14/h5-6,11H,3-4,7-10,12H2,1-2H3,(H,18,20). The molecular weight excluding hydrogens is 344 g/mol. The van der Waals surface area contributed by atoms with Gasteiger partial charge in [0.15, 0.2) is 16.4 Å². The van der Waals surface area contributed by atoms with Gasteiger partial charge in [0, 0.05) is 25.6 Å². The predicted octanol–water partition coefficient (Wildman–Crippen LogP) is 1.83. The van der Waals surface area contributed by atoms with E-state index in [0.29, 0.717) is 24.5 Å². The Morgan fingerprint density at radius 2 is 1.92 bits per heavy atom. The van der Waals surface area contributed by atoms with Crippen molar-refractivity contribution in [2.45, 2.75) is 38.0 Å². The van der Waals surface area contributed by atoms with Crippen LogP contribution in [0.5, 0.6) is 5.75 Å². The maximum absolute atomic E-state index is 12.5. The van der Waals surface area contributed by atoms with E-state index in [0.717, 1.165) is 12.8 Å². The van der Waals surface area contributed by atoms with E-state index < -0.39 is 9.84 Å². The number of carbonyl (C=O) groups is 2. The molecule has 1 aliphatic rings. The van der Waals surface area contributed by atoms with Crippen molar-refractivity contribution in [2.75, 3.05) is 30.8 Å². The number of nitrogens with one attached hydrogen (secondary N) is 1. The number of rotatable bonds is 8. The monoisotopic (exact) mass is 368 g/mol. The molecule has 2 rings (SSSR count). The molecule has 8 heteroatoms. The van der Waals surface area contributed by atoms with E-state index in [1.54, 1.807) is 4.90 Å². The fraction of sp³-hybridized carbons (Fsp3) is 0.529. The predicted molar refractivity (Wildman–Crippen MR) is 94.4 cm³/mol. The second kappa shape index (κ2) is 8.33. The first-order valence-corrected chi connectivity index (χ1v) is 10.1. The number of carbonyl (C=O) groups excluding carboxylic acids is 2. The normalized spacial score (nSPS) is 13.6. The van der Waals surface area contributed by atoms with Gasteiger partial charge < -0.3 is 15.0 Å². The molecule has 0 aliphatic carbocycles. The van der Waals surface area contributed by atoms with Gasteiger partial charge in [-0.2, -0.15) is 0 Å². The number of ether oxygens (including phenoxy) is 1. The Kier molecular flexibility index (Phi) is 6.41. The Balaban J connectivity index is 2.06. The molecule has 2 amide bonds. The number of benzene rings is 1. The van der Waals surface area contributed by atoms with Crippen LogP contribution in [-0.2, 0) is 19.4 Å². The highest BCUT2D eigenvalue weighted by Crippen LogP contribution is 2.30. The molecule has 0 aromatic heterocycles. The lowest BCUT2D eigenvalue weighted by Gasteiger charge is -2.21. The Morgan fingerprint density at radius 3 is 2.56 bits per heavy atom. The molecule has 0 unspecified atom stereocenters. The van der Waals surface area contributed by atoms with Gasteiger partial charge in [0.2, 0.25) is 5.91 Å². The summed E-state index contributed by atoms with van der Waals surface area (Å²) in [5.74, 6) is -0.346. The Labute approximate surface area is 148 Å². The molecule has 7 nitrogen and oxygen atoms in total. The van der Waals surface area contributed by atoms with Crippen LogP contribution in [0.25, 0.3) is 0 Å². The number of sulfone groups is 1. The van der Waals surface area contributed by atoms with E-state index >= 15 is 0 Å². The van der Waals surface area contributed by atoms with Crippen LogP contribution in [0.3, 0.4) is 0 Å². The minimum absolute atomic E-state index is 0.0446. The molecule has 1 aromatic rings. The van der Waals surface area contributed by atoms with Crippen molar-refractivity contribution in [3.63, 3.8) is 0 Å². The second-order valence-electron chi connectivity index (χ2n) is 5.94.